The molecule has 0 radical (unpaired) electrons. The van der Waals surface area contributed by atoms with Crippen molar-refractivity contribution in [2.75, 3.05) is 23.0 Å². The number of aliphatic hydroxyl groups excluding tert-OH is 1. The number of nitrogen functional groups attached to an aromatic ring is 2. The van der Waals surface area contributed by atoms with Crippen LogP contribution < -0.4 is 26.8 Å². The van der Waals surface area contributed by atoms with Crippen molar-refractivity contribution >= 4 is 40.5 Å². The number of nitrogens with two attached hydrogens (primary N) is 3. The Hall–Kier alpha value is -3.90. The fourth-order valence-corrected chi connectivity index (χ4v) is 2.57. The van der Waals surface area contributed by atoms with Crippen LogP contribution in [-0.4, -0.2) is 49.6 Å². The first-order chi connectivity index (χ1) is 14.3. The van der Waals surface area contributed by atoms with Crippen molar-refractivity contribution in [3.63, 3.8) is 0 Å². The first kappa shape index (κ1) is 20.8. The average Bonchev–Trinajstić information content (AvgIpc) is 2.72. The number of rotatable bonds is 6. The molecule has 30 heavy (non-hydrogen) atoms. The molecule has 0 aliphatic rings. The SMILES string of the molecule is CC(=O)N(Cc1cnc2nc(N)nc(N)c2n1)c1ccc(OC(=O)C(N)CO)cc1. The number of nitrogens with zero attached hydrogens (tertiary/aromatic N) is 5. The van der Waals surface area contributed by atoms with E-state index in [0.29, 0.717) is 11.4 Å². The molecule has 0 saturated heterocycles. The van der Waals surface area contributed by atoms with Gasteiger partial charge in [-0.1, -0.05) is 0 Å². The molecular formula is C18H20N8O4. The first-order valence-corrected chi connectivity index (χ1v) is 8.79. The molecule has 7 N–H and O–H groups in total. The highest BCUT2D eigenvalue weighted by Crippen LogP contribution is 2.22. The lowest BCUT2D eigenvalue weighted by atomic mass is 10.2. The van der Waals surface area contributed by atoms with Crippen molar-refractivity contribution in [1.29, 1.82) is 0 Å². The Balaban J connectivity index is 1.82. The molecule has 1 atom stereocenters. The van der Waals surface area contributed by atoms with Crippen LogP contribution in [0.25, 0.3) is 11.2 Å². The summed E-state index contributed by atoms with van der Waals surface area (Å²) in [6, 6.07) is 5.08. The Morgan fingerprint density at radius 1 is 1.17 bits per heavy atom. The maximum absolute atomic E-state index is 12.2. The van der Waals surface area contributed by atoms with Gasteiger partial charge in [0.15, 0.2) is 17.0 Å². The van der Waals surface area contributed by atoms with Gasteiger partial charge < -0.3 is 31.9 Å². The van der Waals surface area contributed by atoms with Crippen molar-refractivity contribution in [1.82, 2.24) is 19.9 Å². The van der Waals surface area contributed by atoms with Crippen LogP contribution >= 0.6 is 0 Å². The van der Waals surface area contributed by atoms with E-state index in [9.17, 15) is 9.59 Å². The van der Waals surface area contributed by atoms with Gasteiger partial charge in [-0.3, -0.25) is 4.79 Å². The molecular weight excluding hydrogens is 392 g/mol. The van der Waals surface area contributed by atoms with Gasteiger partial charge in [0.25, 0.3) is 0 Å². The molecule has 12 nitrogen and oxygen atoms in total. The smallest absolute Gasteiger partial charge is 0.330 e. The summed E-state index contributed by atoms with van der Waals surface area (Å²) in [6.45, 7) is 0.988. The van der Waals surface area contributed by atoms with Crippen LogP contribution in [0.1, 0.15) is 12.6 Å². The van der Waals surface area contributed by atoms with Crippen LogP contribution in [-0.2, 0) is 16.1 Å². The fraction of sp³-hybridized carbons (Fsp3) is 0.222. The molecule has 0 aliphatic carbocycles. The summed E-state index contributed by atoms with van der Waals surface area (Å²) in [5.41, 5.74) is 18.3. The summed E-state index contributed by atoms with van der Waals surface area (Å²) in [4.78, 5) is 41.7. The Morgan fingerprint density at radius 3 is 2.50 bits per heavy atom. The number of ether oxygens (including phenoxy) is 1. The minimum atomic E-state index is -1.13. The van der Waals surface area contributed by atoms with Gasteiger partial charge >= 0.3 is 5.97 Å². The quantitative estimate of drug-likeness (QED) is 0.297. The zero-order valence-electron chi connectivity index (χ0n) is 16.0. The molecule has 0 aliphatic heterocycles. The number of esters is 1. The standard InChI is InChI=1S/C18H20N8O4/c1-9(28)26(11-2-4-12(5-3-11)30-17(29)13(19)8-27)7-10-6-22-16-14(23-10)15(20)24-18(21)25-16/h2-6,13,27H,7-8,19H2,1H3,(H4,20,21,22,24,25). The van der Waals surface area contributed by atoms with Crippen molar-refractivity contribution in [3.05, 3.63) is 36.2 Å². The predicted molar refractivity (Wildman–Crippen MR) is 108 cm³/mol. The molecule has 1 amide bonds. The molecule has 0 bridgehead atoms. The summed E-state index contributed by atoms with van der Waals surface area (Å²) in [6.07, 6.45) is 1.47. The predicted octanol–water partition coefficient (Wildman–Crippen LogP) is -0.638. The summed E-state index contributed by atoms with van der Waals surface area (Å²) in [5, 5.41) is 8.90. The molecule has 0 saturated carbocycles. The van der Waals surface area contributed by atoms with Gasteiger partial charge in [-0.15, -0.1) is 0 Å². The highest BCUT2D eigenvalue weighted by atomic mass is 16.5. The lowest BCUT2D eigenvalue weighted by Crippen LogP contribution is -2.37. The number of fused-ring (bicyclic) bond motifs is 1. The molecule has 2 heterocycles. The second kappa shape index (κ2) is 8.63. The van der Waals surface area contributed by atoms with Crippen LogP contribution in [0, 0.1) is 0 Å². The molecule has 0 spiro atoms. The van der Waals surface area contributed by atoms with E-state index in [-0.39, 0.29) is 41.1 Å². The maximum atomic E-state index is 12.2. The van der Waals surface area contributed by atoms with E-state index in [1.807, 2.05) is 0 Å². The second-order valence-corrected chi connectivity index (χ2v) is 6.31. The number of hydrogen-bond acceptors (Lipinski definition) is 11. The van der Waals surface area contributed by atoms with Gasteiger partial charge in [-0.2, -0.15) is 9.97 Å². The van der Waals surface area contributed by atoms with Crippen LogP contribution in [0.5, 0.6) is 5.75 Å². The minimum Gasteiger partial charge on any atom is -0.425 e. The molecule has 3 aromatic rings. The Bertz CT molecular complexity index is 1090. The Labute approximate surface area is 170 Å². The maximum Gasteiger partial charge on any atom is 0.330 e. The van der Waals surface area contributed by atoms with E-state index in [4.69, 9.17) is 27.0 Å². The van der Waals surface area contributed by atoms with Crippen molar-refractivity contribution in [3.8, 4) is 5.75 Å². The number of hydrogen-bond donors (Lipinski definition) is 4. The van der Waals surface area contributed by atoms with Crippen LogP contribution in [0.2, 0.25) is 0 Å². The largest absolute Gasteiger partial charge is 0.425 e. The molecule has 12 heteroatoms. The molecule has 156 valence electrons. The fourth-order valence-electron chi connectivity index (χ4n) is 2.57. The Kier molecular flexibility index (Phi) is 5.99. The summed E-state index contributed by atoms with van der Waals surface area (Å²) in [7, 11) is 0. The molecule has 1 unspecified atom stereocenters. The van der Waals surface area contributed by atoms with Gasteiger partial charge in [0.05, 0.1) is 25.0 Å². The van der Waals surface area contributed by atoms with Crippen LogP contribution in [0.15, 0.2) is 30.5 Å². The van der Waals surface area contributed by atoms with Gasteiger partial charge in [0, 0.05) is 12.6 Å². The number of benzene rings is 1. The van der Waals surface area contributed by atoms with E-state index in [1.165, 1.54) is 30.2 Å². The van der Waals surface area contributed by atoms with Gasteiger partial charge in [-0.05, 0) is 24.3 Å². The lowest BCUT2D eigenvalue weighted by Gasteiger charge is -2.21. The van der Waals surface area contributed by atoms with Gasteiger partial charge in [0.1, 0.15) is 11.8 Å². The molecule has 2 aromatic heterocycles. The van der Waals surface area contributed by atoms with E-state index >= 15 is 0 Å². The van der Waals surface area contributed by atoms with Crippen molar-refractivity contribution in [2.24, 2.45) is 5.73 Å². The lowest BCUT2D eigenvalue weighted by molar-refractivity contribution is -0.136. The third-order valence-electron chi connectivity index (χ3n) is 4.07. The van der Waals surface area contributed by atoms with Gasteiger partial charge in [-0.25, -0.2) is 14.8 Å². The summed E-state index contributed by atoms with van der Waals surface area (Å²) in [5.74, 6) is -0.697. The highest BCUT2D eigenvalue weighted by Gasteiger charge is 2.17. The highest BCUT2D eigenvalue weighted by molar-refractivity contribution is 5.91. The van der Waals surface area contributed by atoms with E-state index in [1.54, 1.807) is 12.1 Å². The minimum absolute atomic E-state index is 0.00634. The van der Waals surface area contributed by atoms with E-state index < -0.39 is 18.6 Å². The summed E-state index contributed by atoms with van der Waals surface area (Å²) < 4.78 is 5.06. The monoisotopic (exact) mass is 412 g/mol. The zero-order chi connectivity index (χ0) is 21.8. The number of carbonyl (C=O) groups excluding carboxylic acids is 2. The normalized spacial score (nSPS) is 11.8. The number of carbonyl (C=O) groups is 2. The number of aliphatic hydroxyl groups is 1. The van der Waals surface area contributed by atoms with E-state index in [0.717, 1.165) is 0 Å². The number of amides is 1. The van der Waals surface area contributed by atoms with Crippen molar-refractivity contribution in [2.45, 2.75) is 19.5 Å². The average molecular weight is 412 g/mol. The van der Waals surface area contributed by atoms with Crippen LogP contribution in [0.4, 0.5) is 17.5 Å². The van der Waals surface area contributed by atoms with Gasteiger partial charge in [0.2, 0.25) is 11.9 Å². The molecule has 1 aromatic carbocycles. The number of aromatic nitrogens is 4. The second-order valence-electron chi connectivity index (χ2n) is 6.31. The topological polar surface area (TPSA) is 196 Å². The third-order valence-corrected chi connectivity index (χ3v) is 4.07. The van der Waals surface area contributed by atoms with Crippen LogP contribution in [0.3, 0.4) is 0 Å². The molecule has 0 fully saturated rings. The van der Waals surface area contributed by atoms with E-state index in [2.05, 4.69) is 19.9 Å². The Morgan fingerprint density at radius 2 is 1.87 bits per heavy atom. The molecule has 3 rings (SSSR count). The third kappa shape index (κ3) is 4.56. The zero-order valence-corrected chi connectivity index (χ0v) is 16.0. The first-order valence-electron chi connectivity index (χ1n) is 8.79. The summed E-state index contributed by atoms with van der Waals surface area (Å²) >= 11 is 0. The number of anilines is 3. The van der Waals surface area contributed by atoms with Crippen molar-refractivity contribution < 1.29 is 19.4 Å².